The van der Waals surface area contributed by atoms with Gasteiger partial charge in [-0.2, -0.15) is 0 Å². The molecule has 6 heteroatoms. The molecule has 0 saturated carbocycles. The van der Waals surface area contributed by atoms with Crippen molar-refractivity contribution in [2.45, 2.75) is 32.7 Å². The number of methoxy groups -OCH3 is 1. The summed E-state index contributed by atoms with van der Waals surface area (Å²) in [7, 11) is 1.61. The number of carbonyl (C=O) groups is 2. The Balaban J connectivity index is 1.78. The van der Waals surface area contributed by atoms with Crippen LogP contribution in [0.2, 0.25) is 0 Å². The van der Waals surface area contributed by atoms with Gasteiger partial charge in [0, 0.05) is 18.5 Å². The van der Waals surface area contributed by atoms with Crippen LogP contribution in [0.4, 0.5) is 0 Å². The van der Waals surface area contributed by atoms with E-state index in [9.17, 15) is 9.59 Å². The minimum atomic E-state index is -0.287. The maximum atomic E-state index is 12.2. The molecule has 1 aromatic carbocycles. The van der Waals surface area contributed by atoms with E-state index >= 15 is 0 Å². The summed E-state index contributed by atoms with van der Waals surface area (Å²) in [5.74, 6) is 1.16. The topological polar surface area (TPSA) is 67.9 Å². The highest BCUT2D eigenvalue weighted by Crippen LogP contribution is 2.20. The number of carbonyl (C=O) groups excluding carboxylic acids is 2. The predicted molar refractivity (Wildman–Crippen MR) is 91.1 cm³/mol. The van der Waals surface area contributed by atoms with Crippen LogP contribution in [-0.4, -0.2) is 49.1 Å². The van der Waals surface area contributed by atoms with E-state index < -0.39 is 0 Å². The fraction of sp³-hybridized carbons (Fsp3) is 0.556. The lowest BCUT2D eigenvalue weighted by Crippen LogP contribution is -2.44. The van der Waals surface area contributed by atoms with Crippen LogP contribution in [0.1, 0.15) is 27.2 Å². The molecule has 0 aliphatic carbocycles. The van der Waals surface area contributed by atoms with Crippen LogP contribution in [0.3, 0.4) is 0 Å². The zero-order valence-corrected chi connectivity index (χ0v) is 14.8. The van der Waals surface area contributed by atoms with Gasteiger partial charge in [0.25, 0.3) is 0 Å². The number of likely N-dealkylation sites (tertiary alicyclic amines) is 1. The summed E-state index contributed by atoms with van der Waals surface area (Å²) >= 11 is 0. The summed E-state index contributed by atoms with van der Waals surface area (Å²) in [6.07, 6.45) is 0.268. The second kappa shape index (κ2) is 7.55. The lowest BCUT2D eigenvalue weighted by molar-refractivity contribution is -0.129. The maximum Gasteiger partial charge on any atom is 0.225 e. The Hall–Kier alpha value is -2.24. The van der Waals surface area contributed by atoms with Gasteiger partial charge in [0.2, 0.25) is 11.8 Å². The van der Waals surface area contributed by atoms with Gasteiger partial charge in [-0.25, -0.2) is 0 Å². The summed E-state index contributed by atoms with van der Waals surface area (Å²) in [6, 6.07) is 7.29. The van der Waals surface area contributed by atoms with Gasteiger partial charge in [-0.3, -0.25) is 9.59 Å². The van der Waals surface area contributed by atoms with E-state index in [0.717, 1.165) is 11.5 Å². The van der Waals surface area contributed by atoms with E-state index in [2.05, 4.69) is 5.32 Å². The number of amides is 2. The van der Waals surface area contributed by atoms with Gasteiger partial charge in [-0.1, -0.05) is 0 Å². The van der Waals surface area contributed by atoms with Crippen molar-refractivity contribution in [3.8, 4) is 11.5 Å². The molecule has 2 amide bonds. The van der Waals surface area contributed by atoms with E-state index in [1.165, 1.54) is 0 Å². The average molecular weight is 334 g/mol. The fourth-order valence-corrected chi connectivity index (χ4v) is 2.58. The Labute approximate surface area is 143 Å². The third kappa shape index (κ3) is 5.15. The second-order valence-corrected chi connectivity index (χ2v) is 7.00. The molecule has 132 valence electrons. The predicted octanol–water partition coefficient (Wildman–Crippen LogP) is 1.84. The van der Waals surface area contributed by atoms with Gasteiger partial charge in [-0.15, -0.1) is 0 Å². The standard InChI is InChI=1S/C18H26N2O4/c1-18(2,3)19-17(22)13-11-16(21)20(12-13)9-10-24-15-7-5-14(23-4)6-8-15/h5-8,13H,9-12H2,1-4H3,(H,19,22). The maximum absolute atomic E-state index is 12.2. The molecule has 1 aromatic rings. The first kappa shape index (κ1) is 18.1. The third-order valence-electron chi connectivity index (χ3n) is 3.77. The highest BCUT2D eigenvalue weighted by atomic mass is 16.5. The Bertz CT molecular complexity index is 578. The smallest absolute Gasteiger partial charge is 0.225 e. The minimum Gasteiger partial charge on any atom is -0.497 e. The molecule has 6 nitrogen and oxygen atoms in total. The van der Waals surface area contributed by atoms with Crippen LogP contribution in [-0.2, 0) is 9.59 Å². The zero-order valence-electron chi connectivity index (χ0n) is 14.8. The molecular weight excluding hydrogens is 308 g/mol. The summed E-state index contributed by atoms with van der Waals surface area (Å²) in [5, 5.41) is 2.93. The molecule has 1 fully saturated rings. The van der Waals surface area contributed by atoms with E-state index in [-0.39, 0.29) is 29.7 Å². The number of nitrogens with one attached hydrogen (secondary N) is 1. The van der Waals surface area contributed by atoms with Crippen LogP contribution in [0.5, 0.6) is 11.5 Å². The summed E-state index contributed by atoms with van der Waals surface area (Å²) in [4.78, 5) is 25.9. The van der Waals surface area contributed by atoms with Gasteiger partial charge in [-0.05, 0) is 45.0 Å². The molecule has 0 radical (unpaired) electrons. The van der Waals surface area contributed by atoms with Crippen molar-refractivity contribution in [2.75, 3.05) is 26.8 Å². The van der Waals surface area contributed by atoms with Gasteiger partial charge >= 0.3 is 0 Å². The van der Waals surface area contributed by atoms with Crippen LogP contribution in [0.25, 0.3) is 0 Å². The normalized spacial score (nSPS) is 17.8. The fourth-order valence-electron chi connectivity index (χ4n) is 2.58. The quantitative estimate of drug-likeness (QED) is 0.862. The van der Waals surface area contributed by atoms with Crippen molar-refractivity contribution < 1.29 is 19.1 Å². The average Bonchev–Trinajstić information content (AvgIpc) is 2.88. The van der Waals surface area contributed by atoms with Crippen LogP contribution >= 0.6 is 0 Å². The molecule has 2 rings (SSSR count). The molecular formula is C18H26N2O4. The van der Waals surface area contributed by atoms with Gasteiger partial charge in [0.1, 0.15) is 18.1 Å². The first-order valence-electron chi connectivity index (χ1n) is 8.15. The number of hydrogen-bond donors (Lipinski definition) is 1. The largest absolute Gasteiger partial charge is 0.497 e. The molecule has 1 aliphatic heterocycles. The van der Waals surface area contributed by atoms with Crippen molar-refractivity contribution in [1.29, 1.82) is 0 Å². The number of ether oxygens (including phenoxy) is 2. The van der Waals surface area contributed by atoms with E-state index in [1.54, 1.807) is 12.0 Å². The molecule has 1 atom stereocenters. The van der Waals surface area contributed by atoms with Crippen molar-refractivity contribution >= 4 is 11.8 Å². The molecule has 0 aromatic heterocycles. The summed E-state index contributed by atoms with van der Waals surface area (Å²) in [6.45, 7) is 7.12. The minimum absolute atomic E-state index is 0.00221. The lowest BCUT2D eigenvalue weighted by Gasteiger charge is -2.23. The van der Waals surface area contributed by atoms with E-state index in [0.29, 0.717) is 19.7 Å². The van der Waals surface area contributed by atoms with E-state index in [1.807, 2.05) is 45.0 Å². The lowest BCUT2D eigenvalue weighted by atomic mass is 10.0. The highest BCUT2D eigenvalue weighted by molar-refractivity contribution is 5.89. The third-order valence-corrected chi connectivity index (χ3v) is 3.77. The first-order chi connectivity index (χ1) is 11.3. The van der Waals surface area contributed by atoms with Crippen molar-refractivity contribution in [3.63, 3.8) is 0 Å². The molecule has 1 heterocycles. The Morgan fingerprint density at radius 1 is 1.25 bits per heavy atom. The Kier molecular flexibility index (Phi) is 5.70. The molecule has 1 saturated heterocycles. The first-order valence-corrected chi connectivity index (χ1v) is 8.15. The van der Waals surface area contributed by atoms with Crippen molar-refractivity contribution in [2.24, 2.45) is 5.92 Å². The van der Waals surface area contributed by atoms with Gasteiger partial charge < -0.3 is 19.7 Å². The number of nitrogens with zero attached hydrogens (tertiary/aromatic N) is 1. The van der Waals surface area contributed by atoms with Crippen LogP contribution in [0, 0.1) is 5.92 Å². The molecule has 24 heavy (non-hydrogen) atoms. The zero-order chi connectivity index (χ0) is 17.7. The Morgan fingerprint density at radius 2 is 1.88 bits per heavy atom. The number of hydrogen-bond acceptors (Lipinski definition) is 4. The molecule has 1 aliphatic rings. The summed E-state index contributed by atoms with van der Waals surface area (Å²) < 4.78 is 10.7. The molecule has 1 unspecified atom stereocenters. The van der Waals surface area contributed by atoms with Gasteiger partial charge in [0.05, 0.1) is 19.6 Å². The van der Waals surface area contributed by atoms with Gasteiger partial charge in [0.15, 0.2) is 0 Å². The van der Waals surface area contributed by atoms with Crippen molar-refractivity contribution in [3.05, 3.63) is 24.3 Å². The SMILES string of the molecule is COc1ccc(OCCN2CC(C(=O)NC(C)(C)C)CC2=O)cc1. The summed E-state index contributed by atoms with van der Waals surface area (Å²) in [5.41, 5.74) is -0.287. The van der Waals surface area contributed by atoms with Crippen LogP contribution < -0.4 is 14.8 Å². The molecule has 1 N–H and O–H groups in total. The molecule has 0 bridgehead atoms. The Morgan fingerprint density at radius 3 is 2.46 bits per heavy atom. The highest BCUT2D eigenvalue weighted by Gasteiger charge is 2.35. The molecule has 0 spiro atoms. The monoisotopic (exact) mass is 334 g/mol. The number of rotatable bonds is 6. The van der Waals surface area contributed by atoms with E-state index in [4.69, 9.17) is 9.47 Å². The second-order valence-electron chi connectivity index (χ2n) is 7.00. The van der Waals surface area contributed by atoms with Crippen LogP contribution in [0.15, 0.2) is 24.3 Å². The van der Waals surface area contributed by atoms with Crippen molar-refractivity contribution in [1.82, 2.24) is 10.2 Å². The number of benzene rings is 1.